The molecule has 0 aliphatic heterocycles. The zero-order valence-electron chi connectivity index (χ0n) is 12.6. The van der Waals surface area contributed by atoms with Crippen LogP contribution in [0.4, 0.5) is 0 Å². The molecule has 0 radical (unpaired) electrons. The fourth-order valence-corrected chi connectivity index (χ4v) is 4.34. The van der Waals surface area contributed by atoms with Crippen molar-refractivity contribution in [2.24, 2.45) is 0 Å². The van der Waals surface area contributed by atoms with Gasteiger partial charge in [-0.25, -0.2) is 13.4 Å². The van der Waals surface area contributed by atoms with Crippen LogP contribution in [0.25, 0.3) is 0 Å². The molecule has 0 bridgehead atoms. The second kappa shape index (κ2) is 6.05. The lowest BCUT2D eigenvalue weighted by Gasteiger charge is -2.16. The summed E-state index contributed by atoms with van der Waals surface area (Å²) in [5.74, 6) is 0.266. The van der Waals surface area contributed by atoms with Gasteiger partial charge < -0.3 is 0 Å². The first kappa shape index (κ1) is 15.0. The lowest BCUT2D eigenvalue weighted by atomic mass is 9.93. The van der Waals surface area contributed by atoms with Gasteiger partial charge in [0, 0.05) is 12.1 Å². The Labute approximate surface area is 131 Å². The van der Waals surface area contributed by atoms with E-state index in [0.29, 0.717) is 0 Å². The zero-order chi connectivity index (χ0) is 15.6. The maximum Gasteiger partial charge on any atom is 0.199 e. The Morgan fingerprint density at radius 1 is 1.14 bits per heavy atom. The predicted octanol–water partition coefficient (Wildman–Crippen LogP) is 3.67. The molecule has 1 atom stereocenters. The number of sulfone groups is 1. The van der Waals surface area contributed by atoms with E-state index in [-0.39, 0.29) is 16.7 Å². The van der Waals surface area contributed by atoms with Crippen LogP contribution in [0, 0.1) is 6.92 Å². The van der Waals surface area contributed by atoms with E-state index in [1.807, 2.05) is 0 Å². The first-order valence-corrected chi connectivity index (χ1v) is 9.11. The monoisotopic (exact) mass is 313 g/mol. The van der Waals surface area contributed by atoms with Gasteiger partial charge in [-0.05, 0) is 37.5 Å². The van der Waals surface area contributed by atoms with Crippen LogP contribution in [0.2, 0.25) is 0 Å². The van der Waals surface area contributed by atoms with Gasteiger partial charge >= 0.3 is 0 Å². The molecule has 0 spiro atoms. The number of nitrogens with zero attached hydrogens (tertiary/aromatic N) is 1. The molecule has 1 aliphatic rings. The van der Waals surface area contributed by atoms with E-state index in [0.717, 1.165) is 18.4 Å². The maximum atomic E-state index is 12.5. The van der Waals surface area contributed by atoms with Crippen LogP contribution in [0.5, 0.6) is 0 Å². The van der Waals surface area contributed by atoms with Crippen molar-refractivity contribution in [2.45, 2.75) is 30.7 Å². The molecule has 2 aromatic rings. The molecule has 1 aromatic carbocycles. The molecule has 3 rings (SSSR count). The van der Waals surface area contributed by atoms with Crippen molar-refractivity contribution in [2.75, 3.05) is 5.75 Å². The Morgan fingerprint density at radius 2 is 1.91 bits per heavy atom. The molecule has 114 valence electrons. The molecule has 1 aromatic heterocycles. The highest BCUT2D eigenvalue weighted by Crippen LogP contribution is 2.36. The van der Waals surface area contributed by atoms with Gasteiger partial charge in [-0.15, -0.1) is 0 Å². The molecule has 0 amide bonds. The fraction of sp³-hybridized carbons (Fsp3) is 0.278. The summed E-state index contributed by atoms with van der Waals surface area (Å²) in [5.41, 5.74) is 3.41. The SMILES string of the molecule is Cc1ccc(C2CCC=C2CS(=O)(=O)c2ccccn2)cc1. The maximum absolute atomic E-state index is 12.5. The van der Waals surface area contributed by atoms with E-state index in [2.05, 4.69) is 42.2 Å². The van der Waals surface area contributed by atoms with Gasteiger partial charge in [0.25, 0.3) is 0 Å². The van der Waals surface area contributed by atoms with Gasteiger partial charge in [-0.2, -0.15) is 0 Å². The van der Waals surface area contributed by atoms with Crippen molar-refractivity contribution in [1.82, 2.24) is 4.98 Å². The summed E-state index contributed by atoms with van der Waals surface area (Å²) < 4.78 is 25.0. The normalized spacial score (nSPS) is 18.2. The molecule has 22 heavy (non-hydrogen) atoms. The molecule has 0 fully saturated rings. The molecule has 1 unspecified atom stereocenters. The van der Waals surface area contributed by atoms with Gasteiger partial charge in [0.2, 0.25) is 0 Å². The third kappa shape index (κ3) is 3.12. The number of aryl methyl sites for hydroxylation is 1. The van der Waals surface area contributed by atoms with Crippen molar-refractivity contribution in [1.29, 1.82) is 0 Å². The Kier molecular flexibility index (Phi) is 4.12. The Hall–Kier alpha value is -1.94. The summed E-state index contributed by atoms with van der Waals surface area (Å²) in [7, 11) is -3.37. The third-order valence-electron chi connectivity index (χ3n) is 4.10. The van der Waals surface area contributed by atoms with Gasteiger partial charge in [-0.1, -0.05) is 47.5 Å². The Balaban J connectivity index is 1.84. The van der Waals surface area contributed by atoms with Crippen molar-refractivity contribution < 1.29 is 8.42 Å². The van der Waals surface area contributed by atoms with E-state index in [1.54, 1.807) is 18.2 Å². The number of rotatable bonds is 4. The lowest BCUT2D eigenvalue weighted by molar-refractivity contribution is 0.593. The number of hydrogen-bond acceptors (Lipinski definition) is 3. The minimum atomic E-state index is -3.37. The molecule has 3 nitrogen and oxygen atoms in total. The van der Waals surface area contributed by atoms with E-state index >= 15 is 0 Å². The average Bonchev–Trinajstić information content (AvgIpc) is 2.96. The fourth-order valence-electron chi connectivity index (χ4n) is 2.93. The summed E-state index contributed by atoms with van der Waals surface area (Å²) in [6, 6.07) is 13.4. The van der Waals surface area contributed by atoms with E-state index < -0.39 is 9.84 Å². The van der Waals surface area contributed by atoms with Gasteiger partial charge in [0.05, 0.1) is 5.75 Å². The summed E-state index contributed by atoms with van der Waals surface area (Å²) in [4.78, 5) is 3.99. The smallest absolute Gasteiger partial charge is 0.199 e. The third-order valence-corrected chi connectivity index (χ3v) is 5.69. The molecule has 0 saturated heterocycles. The number of aromatic nitrogens is 1. The summed E-state index contributed by atoms with van der Waals surface area (Å²) in [5, 5.41) is 0.158. The highest BCUT2D eigenvalue weighted by molar-refractivity contribution is 7.91. The minimum Gasteiger partial charge on any atom is -0.245 e. The number of pyridine rings is 1. The number of hydrogen-bond donors (Lipinski definition) is 0. The molecule has 1 aliphatic carbocycles. The van der Waals surface area contributed by atoms with Crippen molar-refractivity contribution in [3.63, 3.8) is 0 Å². The highest BCUT2D eigenvalue weighted by Gasteiger charge is 2.26. The van der Waals surface area contributed by atoms with E-state index in [9.17, 15) is 8.42 Å². The zero-order valence-corrected chi connectivity index (χ0v) is 13.4. The molecular formula is C18H19NO2S. The topological polar surface area (TPSA) is 47.0 Å². The van der Waals surface area contributed by atoms with Gasteiger partial charge in [-0.3, -0.25) is 0 Å². The standard InChI is InChI=1S/C18H19NO2S/c1-14-8-10-15(11-9-14)17-6-4-5-16(17)13-22(20,21)18-7-2-3-12-19-18/h2-3,5,7-12,17H,4,6,13H2,1H3. The van der Waals surface area contributed by atoms with Crippen molar-refractivity contribution >= 4 is 9.84 Å². The van der Waals surface area contributed by atoms with Crippen LogP contribution < -0.4 is 0 Å². The average molecular weight is 313 g/mol. The van der Waals surface area contributed by atoms with Crippen LogP contribution in [0.3, 0.4) is 0 Å². The quantitative estimate of drug-likeness (QED) is 0.809. The minimum absolute atomic E-state index is 0.0581. The van der Waals surface area contributed by atoms with Crippen molar-refractivity contribution in [3.05, 3.63) is 71.4 Å². The summed E-state index contributed by atoms with van der Waals surface area (Å²) in [6.07, 6.45) is 5.51. The Morgan fingerprint density at radius 3 is 2.59 bits per heavy atom. The van der Waals surface area contributed by atoms with Gasteiger partial charge in [0.15, 0.2) is 14.9 Å². The largest absolute Gasteiger partial charge is 0.245 e. The van der Waals surface area contributed by atoms with Crippen molar-refractivity contribution in [3.8, 4) is 0 Å². The van der Waals surface area contributed by atoms with Crippen LogP contribution >= 0.6 is 0 Å². The second-order valence-electron chi connectivity index (χ2n) is 5.75. The molecule has 1 heterocycles. The highest BCUT2D eigenvalue weighted by atomic mass is 32.2. The van der Waals surface area contributed by atoms with Crippen LogP contribution in [0.15, 0.2) is 65.3 Å². The van der Waals surface area contributed by atoms with E-state index in [1.165, 1.54) is 17.3 Å². The molecular weight excluding hydrogens is 294 g/mol. The second-order valence-corrected chi connectivity index (χ2v) is 7.68. The summed E-state index contributed by atoms with van der Waals surface area (Å²) >= 11 is 0. The lowest BCUT2D eigenvalue weighted by Crippen LogP contribution is -2.13. The van der Waals surface area contributed by atoms with Crippen LogP contribution in [0.1, 0.15) is 29.9 Å². The van der Waals surface area contributed by atoms with Gasteiger partial charge in [0.1, 0.15) is 0 Å². The molecule has 0 saturated carbocycles. The number of benzene rings is 1. The summed E-state index contributed by atoms with van der Waals surface area (Å²) in [6.45, 7) is 2.06. The van der Waals surface area contributed by atoms with E-state index in [4.69, 9.17) is 0 Å². The molecule has 0 N–H and O–H groups in total. The van der Waals surface area contributed by atoms with Crippen LogP contribution in [-0.4, -0.2) is 19.2 Å². The first-order chi connectivity index (χ1) is 10.6. The van der Waals surface area contributed by atoms with Crippen LogP contribution in [-0.2, 0) is 9.84 Å². The predicted molar refractivity (Wildman–Crippen MR) is 87.5 cm³/mol. The Bertz CT molecular complexity index is 778. The molecule has 4 heteroatoms. The first-order valence-electron chi connectivity index (χ1n) is 7.45. The number of allylic oxidation sites excluding steroid dienone is 1.